The van der Waals surface area contributed by atoms with Gasteiger partial charge in [-0.05, 0) is 42.7 Å². The van der Waals surface area contributed by atoms with Gasteiger partial charge in [-0.15, -0.1) is 0 Å². The summed E-state index contributed by atoms with van der Waals surface area (Å²) in [5, 5.41) is 6.89. The first-order chi connectivity index (χ1) is 15.1. The molecule has 0 amide bonds. The van der Waals surface area contributed by atoms with Gasteiger partial charge in [0.25, 0.3) is 6.47 Å². The summed E-state index contributed by atoms with van der Waals surface area (Å²) in [5.41, 5.74) is 1.03. The second-order valence-electron chi connectivity index (χ2n) is 7.44. The molecule has 1 saturated heterocycles. The fraction of sp³-hybridized carbons (Fsp3) is 0.435. The van der Waals surface area contributed by atoms with Crippen molar-refractivity contribution in [2.24, 2.45) is 0 Å². The number of carboxylic acid groups (broad SMARTS) is 1. The van der Waals surface area contributed by atoms with Crippen molar-refractivity contribution in [2.75, 3.05) is 18.1 Å². The number of halogens is 5. The molecule has 32 heavy (non-hydrogen) atoms. The minimum absolute atomic E-state index is 0.0143. The minimum Gasteiger partial charge on any atom is -0.483 e. The molecule has 0 saturated carbocycles. The molecule has 2 atom stereocenters. The van der Waals surface area contributed by atoms with Crippen LogP contribution in [0.1, 0.15) is 43.2 Å². The molecule has 176 valence electrons. The van der Waals surface area contributed by atoms with Gasteiger partial charge in [-0.2, -0.15) is 22.0 Å². The number of rotatable bonds is 6. The minimum atomic E-state index is -4.37. The van der Waals surface area contributed by atoms with Gasteiger partial charge in [-0.1, -0.05) is 37.3 Å². The van der Waals surface area contributed by atoms with Crippen LogP contribution in [0.2, 0.25) is 0 Å². The first kappa shape index (κ1) is 25.6. The van der Waals surface area contributed by atoms with Crippen molar-refractivity contribution in [3.8, 4) is 0 Å². The van der Waals surface area contributed by atoms with Gasteiger partial charge in [0.05, 0.1) is 18.2 Å². The highest BCUT2D eigenvalue weighted by molar-refractivity contribution is 5.48. The Labute approximate surface area is 183 Å². The normalized spacial score (nSPS) is 19.1. The molecular formula is C23H26F5NO3. The van der Waals surface area contributed by atoms with Crippen molar-refractivity contribution >= 4 is 12.2 Å². The number of alkyl halides is 5. The largest absolute Gasteiger partial charge is 0.483 e. The number of nitrogens with zero attached hydrogens (tertiary/aromatic N) is 1. The van der Waals surface area contributed by atoms with Gasteiger partial charge >= 0.3 is 12.3 Å². The Morgan fingerprint density at radius 1 is 1.03 bits per heavy atom. The topological polar surface area (TPSA) is 49.8 Å². The lowest BCUT2D eigenvalue weighted by atomic mass is 9.86. The van der Waals surface area contributed by atoms with Crippen LogP contribution < -0.4 is 4.90 Å². The fourth-order valence-corrected chi connectivity index (χ4v) is 3.67. The maximum absolute atomic E-state index is 13.6. The number of anilines is 1. The van der Waals surface area contributed by atoms with Gasteiger partial charge in [0.15, 0.2) is 0 Å². The van der Waals surface area contributed by atoms with Crippen LogP contribution in [-0.4, -0.2) is 36.9 Å². The van der Waals surface area contributed by atoms with E-state index in [4.69, 9.17) is 14.6 Å². The number of para-hydroxylation sites is 1. The highest BCUT2D eigenvalue weighted by Gasteiger charge is 2.34. The standard InChI is InChI=1S/C22H24F5NO.CH2O2/c1-2-21(23,24)29-15-20-13-10-17(14-28(20)19-6-4-3-5-7-19)16-8-11-18(12-9-16)22(25,26)27;2-1-3/h3-9,11-12,17,20H,2,10,13-15H2,1H3;1H,(H,2,3)/t17-,20-;/m1./s1. The lowest BCUT2D eigenvalue weighted by Gasteiger charge is -2.42. The van der Waals surface area contributed by atoms with E-state index >= 15 is 0 Å². The summed E-state index contributed by atoms with van der Waals surface area (Å²) in [6.45, 7) is 1.55. The van der Waals surface area contributed by atoms with Crippen LogP contribution in [0.4, 0.5) is 27.6 Å². The fourth-order valence-electron chi connectivity index (χ4n) is 3.67. The van der Waals surface area contributed by atoms with Crippen LogP contribution in [0, 0.1) is 0 Å². The van der Waals surface area contributed by atoms with Crippen LogP contribution in [0.5, 0.6) is 0 Å². The van der Waals surface area contributed by atoms with Crippen molar-refractivity contribution < 1.29 is 36.6 Å². The van der Waals surface area contributed by atoms with Gasteiger partial charge < -0.3 is 14.7 Å². The number of hydrogen-bond acceptors (Lipinski definition) is 3. The highest BCUT2D eigenvalue weighted by atomic mass is 19.4. The molecule has 0 aliphatic carbocycles. The molecule has 0 spiro atoms. The first-order valence-corrected chi connectivity index (χ1v) is 10.2. The Morgan fingerprint density at radius 3 is 2.16 bits per heavy atom. The smallest absolute Gasteiger partial charge is 0.416 e. The number of hydrogen-bond donors (Lipinski definition) is 1. The molecule has 1 N–H and O–H groups in total. The van der Waals surface area contributed by atoms with E-state index in [-0.39, 0.29) is 31.5 Å². The van der Waals surface area contributed by atoms with Crippen LogP contribution >= 0.6 is 0 Å². The lowest BCUT2D eigenvalue weighted by Crippen LogP contribution is -2.46. The zero-order valence-corrected chi connectivity index (χ0v) is 17.6. The van der Waals surface area contributed by atoms with Crippen LogP contribution in [0.3, 0.4) is 0 Å². The Balaban J connectivity index is 0.00000114. The average Bonchev–Trinajstić information content (AvgIpc) is 2.78. The van der Waals surface area contributed by atoms with Gasteiger partial charge in [-0.3, -0.25) is 4.79 Å². The van der Waals surface area contributed by atoms with Gasteiger partial charge in [0.2, 0.25) is 0 Å². The summed E-state index contributed by atoms with van der Waals surface area (Å²) < 4.78 is 70.5. The number of benzene rings is 2. The number of carbonyl (C=O) groups is 1. The van der Waals surface area contributed by atoms with Crippen molar-refractivity contribution in [3.05, 3.63) is 65.7 Å². The van der Waals surface area contributed by atoms with Crippen LogP contribution in [0.15, 0.2) is 54.6 Å². The maximum atomic E-state index is 13.6. The zero-order valence-electron chi connectivity index (χ0n) is 17.6. The maximum Gasteiger partial charge on any atom is 0.416 e. The summed E-state index contributed by atoms with van der Waals surface area (Å²) in [6, 6.07) is 14.4. The summed E-state index contributed by atoms with van der Waals surface area (Å²) in [7, 11) is 0. The van der Waals surface area contributed by atoms with Gasteiger partial charge in [0.1, 0.15) is 0 Å². The van der Waals surface area contributed by atoms with Crippen molar-refractivity contribution in [1.82, 2.24) is 0 Å². The molecule has 0 unspecified atom stereocenters. The van der Waals surface area contributed by atoms with E-state index in [1.54, 1.807) is 0 Å². The van der Waals surface area contributed by atoms with E-state index in [9.17, 15) is 22.0 Å². The highest BCUT2D eigenvalue weighted by Crippen LogP contribution is 2.36. The SMILES string of the molecule is CCC(F)(F)OC[C@H]1CC[C@@H](c2ccc(C(F)(F)F)cc2)CN1c1ccccc1.O=CO. The third-order valence-corrected chi connectivity index (χ3v) is 5.40. The Bertz CT molecular complexity index is 828. The van der Waals surface area contributed by atoms with Gasteiger partial charge in [0, 0.05) is 24.6 Å². The number of ether oxygens (including phenoxy) is 1. The molecule has 1 fully saturated rings. The molecule has 2 aromatic rings. The van der Waals surface area contributed by atoms with Crippen LogP contribution in [-0.2, 0) is 15.7 Å². The molecule has 0 aromatic heterocycles. The van der Waals surface area contributed by atoms with E-state index in [2.05, 4.69) is 0 Å². The molecule has 1 aliphatic heterocycles. The van der Waals surface area contributed by atoms with Crippen molar-refractivity contribution in [1.29, 1.82) is 0 Å². The number of piperidine rings is 1. The van der Waals surface area contributed by atoms with Crippen molar-refractivity contribution in [3.63, 3.8) is 0 Å². The molecule has 9 heteroatoms. The van der Waals surface area contributed by atoms with E-state index in [0.717, 1.165) is 23.4 Å². The van der Waals surface area contributed by atoms with Crippen molar-refractivity contribution in [2.45, 2.75) is 50.4 Å². The molecule has 0 radical (unpaired) electrons. The second-order valence-corrected chi connectivity index (χ2v) is 7.44. The summed E-state index contributed by atoms with van der Waals surface area (Å²) in [6.07, 6.45) is -6.61. The zero-order chi connectivity index (χ0) is 23.8. The second kappa shape index (κ2) is 11.3. The van der Waals surface area contributed by atoms with Crippen LogP contribution in [0.25, 0.3) is 0 Å². The monoisotopic (exact) mass is 459 g/mol. The molecular weight excluding hydrogens is 433 g/mol. The third kappa shape index (κ3) is 7.19. The first-order valence-electron chi connectivity index (χ1n) is 10.2. The van der Waals surface area contributed by atoms with E-state index < -0.39 is 17.8 Å². The summed E-state index contributed by atoms with van der Waals surface area (Å²) >= 11 is 0. The lowest BCUT2D eigenvalue weighted by molar-refractivity contribution is -0.241. The van der Waals surface area contributed by atoms with E-state index in [1.165, 1.54) is 19.1 Å². The Kier molecular flexibility index (Phi) is 9.00. The molecule has 0 bridgehead atoms. The van der Waals surface area contributed by atoms with E-state index in [1.807, 2.05) is 35.2 Å². The molecule has 4 nitrogen and oxygen atoms in total. The quantitative estimate of drug-likeness (QED) is 0.414. The van der Waals surface area contributed by atoms with E-state index in [0.29, 0.717) is 19.4 Å². The molecule has 2 aromatic carbocycles. The van der Waals surface area contributed by atoms with Gasteiger partial charge in [-0.25, -0.2) is 0 Å². The third-order valence-electron chi connectivity index (χ3n) is 5.40. The summed E-state index contributed by atoms with van der Waals surface area (Å²) in [4.78, 5) is 10.4. The molecule has 3 rings (SSSR count). The molecule has 1 heterocycles. The predicted molar refractivity (Wildman–Crippen MR) is 111 cm³/mol. The summed E-state index contributed by atoms with van der Waals surface area (Å²) in [5.74, 6) is 0.0143. The Morgan fingerprint density at radius 2 is 1.62 bits per heavy atom. The average molecular weight is 459 g/mol. The predicted octanol–water partition coefficient (Wildman–Crippen LogP) is 6.18. The Hall–Kier alpha value is -2.68. The molecule has 1 aliphatic rings.